The lowest BCUT2D eigenvalue weighted by Crippen LogP contribution is -2.47. The lowest BCUT2D eigenvalue weighted by atomic mass is 9.84. The van der Waals surface area contributed by atoms with Crippen LogP contribution in [0.4, 0.5) is 5.69 Å². The Morgan fingerprint density at radius 3 is 2.39 bits per heavy atom. The number of nitrogens with one attached hydrogen (secondary N) is 1. The average Bonchev–Trinajstić information content (AvgIpc) is 2.77. The van der Waals surface area contributed by atoms with Crippen molar-refractivity contribution in [3.63, 3.8) is 0 Å². The van der Waals surface area contributed by atoms with E-state index in [1.165, 1.54) is 43.2 Å². The molecule has 1 aliphatic carbocycles. The summed E-state index contributed by atoms with van der Waals surface area (Å²) in [7, 11) is 0. The van der Waals surface area contributed by atoms with E-state index in [2.05, 4.69) is 41.7 Å². The van der Waals surface area contributed by atoms with E-state index in [9.17, 15) is 4.79 Å². The Hall–Kier alpha value is -2.17. The molecule has 2 aromatic rings. The number of hydrogen-bond donors (Lipinski definition) is 2. The number of ether oxygens (including phenoxy) is 1. The minimum absolute atomic E-state index is 0.0506. The van der Waals surface area contributed by atoms with Crippen LogP contribution in [-0.4, -0.2) is 24.2 Å². The van der Waals surface area contributed by atoms with E-state index in [1.807, 2.05) is 32.0 Å². The van der Waals surface area contributed by atoms with Gasteiger partial charge in [-0.2, -0.15) is 0 Å². The Morgan fingerprint density at radius 2 is 1.68 bits per heavy atom. The Labute approximate surface area is 187 Å². The molecule has 4 nitrogen and oxygen atoms in total. The van der Waals surface area contributed by atoms with E-state index in [4.69, 9.17) is 10.5 Å². The molecule has 168 valence electrons. The third kappa shape index (κ3) is 7.79. The molecule has 3 N–H and O–H groups in total. The van der Waals surface area contributed by atoms with E-state index in [0.29, 0.717) is 5.92 Å². The second-order valence-electron chi connectivity index (χ2n) is 9.18. The first-order valence-corrected chi connectivity index (χ1v) is 11.9. The van der Waals surface area contributed by atoms with Gasteiger partial charge in [0, 0.05) is 11.7 Å². The maximum atomic E-state index is 13.1. The van der Waals surface area contributed by atoms with E-state index >= 15 is 0 Å². The van der Waals surface area contributed by atoms with Gasteiger partial charge < -0.3 is 15.8 Å². The molecule has 1 amide bonds. The first-order valence-electron chi connectivity index (χ1n) is 11.9. The smallest absolute Gasteiger partial charge is 0.255 e. The number of aryl methyl sites for hydroxylation is 2. The van der Waals surface area contributed by atoms with Gasteiger partial charge in [0.05, 0.1) is 6.10 Å². The number of nitrogens with two attached hydrogens (primary N) is 1. The minimum Gasteiger partial charge on any atom is -0.364 e. The van der Waals surface area contributed by atoms with Gasteiger partial charge in [0.25, 0.3) is 5.91 Å². The number of carbonyl (C=O) groups is 1. The van der Waals surface area contributed by atoms with Crippen molar-refractivity contribution in [1.29, 1.82) is 0 Å². The molecule has 0 bridgehead atoms. The highest BCUT2D eigenvalue weighted by atomic mass is 16.5. The van der Waals surface area contributed by atoms with Crippen LogP contribution in [0.25, 0.3) is 0 Å². The minimum atomic E-state index is -0.630. The summed E-state index contributed by atoms with van der Waals surface area (Å²) in [6, 6.07) is 18.3. The number of amides is 1. The molecule has 31 heavy (non-hydrogen) atoms. The third-order valence-corrected chi connectivity index (χ3v) is 6.14. The van der Waals surface area contributed by atoms with E-state index in [1.54, 1.807) is 0 Å². The van der Waals surface area contributed by atoms with E-state index < -0.39 is 6.10 Å². The summed E-state index contributed by atoms with van der Waals surface area (Å²) < 4.78 is 5.99. The summed E-state index contributed by atoms with van der Waals surface area (Å²) >= 11 is 0. The van der Waals surface area contributed by atoms with Crippen molar-refractivity contribution >= 4 is 11.6 Å². The molecule has 0 radical (unpaired) electrons. The quantitative estimate of drug-likeness (QED) is 0.531. The SMILES string of the molecule is CC(C)OC(C(=O)Nc1cccc(CCc2ccccc2)c1)[C@H](N)CC1CCCCC1. The Balaban J connectivity index is 1.60. The second-order valence-corrected chi connectivity index (χ2v) is 9.18. The Morgan fingerprint density at radius 1 is 1.00 bits per heavy atom. The van der Waals surface area contributed by atoms with Crippen molar-refractivity contribution in [1.82, 2.24) is 0 Å². The lowest BCUT2D eigenvalue weighted by Gasteiger charge is -2.30. The van der Waals surface area contributed by atoms with Crippen LogP contribution in [0.15, 0.2) is 54.6 Å². The van der Waals surface area contributed by atoms with Crippen molar-refractivity contribution in [2.45, 2.75) is 83.5 Å². The average molecular weight is 423 g/mol. The monoisotopic (exact) mass is 422 g/mol. The second kappa shape index (κ2) is 12.0. The largest absolute Gasteiger partial charge is 0.364 e. The van der Waals surface area contributed by atoms with Crippen molar-refractivity contribution in [2.24, 2.45) is 11.7 Å². The predicted octanol–water partition coefficient (Wildman–Crippen LogP) is 5.50. The molecule has 2 aromatic carbocycles. The highest BCUT2D eigenvalue weighted by Crippen LogP contribution is 2.28. The van der Waals surface area contributed by atoms with Crippen molar-refractivity contribution in [2.75, 3.05) is 5.32 Å². The number of benzene rings is 2. The van der Waals surface area contributed by atoms with E-state index in [0.717, 1.165) is 24.9 Å². The van der Waals surface area contributed by atoms with Gasteiger partial charge in [0.2, 0.25) is 0 Å². The van der Waals surface area contributed by atoms with Crippen LogP contribution in [0.2, 0.25) is 0 Å². The predicted molar refractivity (Wildman–Crippen MR) is 128 cm³/mol. The summed E-state index contributed by atoms with van der Waals surface area (Å²) in [5, 5.41) is 3.06. The van der Waals surface area contributed by atoms with Crippen molar-refractivity contribution in [3.05, 3.63) is 65.7 Å². The zero-order valence-electron chi connectivity index (χ0n) is 19.1. The molecular weight excluding hydrogens is 384 g/mol. The molecule has 0 aliphatic heterocycles. The third-order valence-electron chi connectivity index (χ3n) is 6.14. The van der Waals surface area contributed by atoms with Crippen LogP contribution < -0.4 is 11.1 Å². The first kappa shape index (κ1) is 23.5. The van der Waals surface area contributed by atoms with Gasteiger partial charge >= 0.3 is 0 Å². The normalized spacial score (nSPS) is 16.8. The molecule has 1 saturated carbocycles. The number of hydrogen-bond acceptors (Lipinski definition) is 3. The molecule has 0 aromatic heterocycles. The van der Waals surface area contributed by atoms with Gasteiger partial charge in [-0.25, -0.2) is 0 Å². The standard InChI is InChI=1S/C27H38N2O2/c1-20(2)31-26(25(28)19-22-12-7-4-8-13-22)27(30)29-24-15-9-14-23(18-24)17-16-21-10-5-3-6-11-21/h3,5-6,9-11,14-15,18,20,22,25-26H,4,7-8,12-13,16-17,19,28H2,1-2H3,(H,29,30)/t25-,26?/m1/s1. The van der Waals surface area contributed by atoms with Crippen LogP contribution in [0.5, 0.6) is 0 Å². The summed E-state index contributed by atoms with van der Waals surface area (Å²) in [6.45, 7) is 3.91. The summed E-state index contributed by atoms with van der Waals surface area (Å²) in [5.41, 5.74) is 9.83. The number of carbonyl (C=O) groups excluding carboxylic acids is 1. The Kier molecular flexibility index (Phi) is 9.11. The fourth-order valence-electron chi connectivity index (χ4n) is 4.53. The topological polar surface area (TPSA) is 64.3 Å². The summed E-state index contributed by atoms with van der Waals surface area (Å²) in [6.07, 6.45) is 8.37. The van der Waals surface area contributed by atoms with Gasteiger partial charge in [-0.05, 0) is 62.3 Å². The van der Waals surface area contributed by atoms with Crippen LogP contribution >= 0.6 is 0 Å². The fourth-order valence-corrected chi connectivity index (χ4v) is 4.53. The molecule has 4 heteroatoms. The van der Waals surface area contributed by atoms with E-state index in [-0.39, 0.29) is 18.1 Å². The maximum absolute atomic E-state index is 13.1. The van der Waals surface area contributed by atoms with Gasteiger partial charge in [-0.3, -0.25) is 4.79 Å². The molecular formula is C27H38N2O2. The first-order chi connectivity index (χ1) is 15.0. The van der Waals surface area contributed by atoms with Gasteiger partial charge in [0.15, 0.2) is 6.10 Å². The van der Waals surface area contributed by atoms with Crippen molar-refractivity contribution in [3.8, 4) is 0 Å². The van der Waals surface area contributed by atoms with Crippen LogP contribution in [0, 0.1) is 5.92 Å². The highest BCUT2D eigenvalue weighted by molar-refractivity contribution is 5.94. The molecule has 1 fully saturated rings. The molecule has 0 spiro atoms. The zero-order valence-corrected chi connectivity index (χ0v) is 19.1. The number of rotatable bonds is 10. The van der Waals surface area contributed by atoms with Crippen molar-refractivity contribution < 1.29 is 9.53 Å². The number of anilines is 1. The molecule has 0 saturated heterocycles. The fraction of sp³-hybridized carbons (Fsp3) is 0.519. The zero-order chi connectivity index (χ0) is 22.1. The molecule has 1 unspecified atom stereocenters. The van der Waals surface area contributed by atoms with Crippen LogP contribution in [0.1, 0.15) is 63.5 Å². The molecule has 2 atom stereocenters. The highest BCUT2D eigenvalue weighted by Gasteiger charge is 2.30. The van der Waals surface area contributed by atoms with Crippen LogP contribution in [0.3, 0.4) is 0 Å². The maximum Gasteiger partial charge on any atom is 0.255 e. The molecule has 1 aliphatic rings. The molecule has 3 rings (SSSR count). The summed E-state index contributed by atoms with van der Waals surface area (Å²) in [4.78, 5) is 13.1. The van der Waals surface area contributed by atoms with Gasteiger partial charge in [0.1, 0.15) is 0 Å². The Bertz CT molecular complexity index is 800. The molecule has 0 heterocycles. The van der Waals surface area contributed by atoms with Gasteiger partial charge in [-0.15, -0.1) is 0 Å². The lowest BCUT2D eigenvalue weighted by molar-refractivity contribution is -0.132. The van der Waals surface area contributed by atoms with Gasteiger partial charge in [-0.1, -0.05) is 74.6 Å². The summed E-state index contributed by atoms with van der Waals surface area (Å²) in [5.74, 6) is 0.466. The van der Waals surface area contributed by atoms with Crippen LogP contribution in [-0.2, 0) is 22.4 Å².